The minimum absolute atomic E-state index is 0.0500. The van der Waals surface area contributed by atoms with Crippen LogP contribution in [0.5, 0.6) is 0 Å². The van der Waals surface area contributed by atoms with Gasteiger partial charge in [0.1, 0.15) is 0 Å². The van der Waals surface area contributed by atoms with Gasteiger partial charge in [0.15, 0.2) is 0 Å². The third-order valence-corrected chi connectivity index (χ3v) is 2.99. The number of aliphatic carboxylic acids is 1. The maximum absolute atomic E-state index is 11.9. The lowest BCUT2D eigenvalue weighted by Gasteiger charge is -2.22. The van der Waals surface area contributed by atoms with Crippen molar-refractivity contribution in [3.63, 3.8) is 0 Å². The predicted octanol–water partition coefficient (Wildman–Crippen LogP) is 0.246. The molecule has 4 N–H and O–H groups in total. The molecule has 1 aliphatic rings. The summed E-state index contributed by atoms with van der Waals surface area (Å²) in [7, 11) is 0. The third-order valence-electron chi connectivity index (χ3n) is 2.99. The van der Waals surface area contributed by atoms with Gasteiger partial charge in [-0.1, -0.05) is 0 Å². The van der Waals surface area contributed by atoms with Gasteiger partial charge in [0, 0.05) is 30.8 Å². The fourth-order valence-corrected chi connectivity index (χ4v) is 1.85. The highest BCUT2D eigenvalue weighted by atomic mass is 16.6. The summed E-state index contributed by atoms with van der Waals surface area (Å²) in [5.74, 6) is -1.86. The Morgan fingerprint density at radius 2 is 1.90 bits per heavy atom. The number of carbonyl (C=O) groups excluding carboxylic acids is 1. The van der Waals surface area contributed by atoms with Crippen LogP contribution in [0.25, 0.3) is 0 Å². The molecular formula is C13H19NO6. The number of rotatable bonds is 6. The number of ether oxygens (including phenoxy) is 1. The summed E-state index contributed by atoms with van der Waals surface area (Å²) in [6.07, 6.45) is -0.923. The summed E-state index contributed by atoms with van der Waals surface area (Å²) in [5, 5.41) is 29.9. The highest BCUT2D eigenvalue weighted by Crippen LogP contribution is 2.24. The maximum Gasteiger partial charge on any atom is 0.338 e. The van der Waals surface area contributed by atoms with E-state index in [9.17, 15) is 14.7 Å². The first kappa shape index (κ1) is 16.2. The number of nitrogens with one attached hydrogen (secondary N) is 1. The zero-order chi connectivity index (χ0) is 15.3. The van der Waals surface area contributed by atoms with Crippen molar-refractivity contribution in [3.8, 4) is 0 Å². The van der Waals surface area contributed by atoms with E-state index in [1.54, 1.807) is 13.8 Å². The standard InChI is InChI=1S/C13H19NO6/c1-7-9(12(17)18)6-10(8(2)14-7)13(19)20-11(16)4-3-5-15/h11,14-16H,3-6H2,1-2H3,(H,17,18). The molecule has 0 saturated heterocycles. The van der Waals surface area contributed by atoms with Crippen molar-refractivity contribution in [3.05, 3.63) is 22.5 Å². The van der Waals surface area contributed by atoms with Gasteiger partial charge in [-0.05, 0) is 20.3 Å². The van der Waals surface area contributed by atoms with Gasteiger partial charge in [0.2, 0.25) is 6.29 Å². The molecule has 0 aliphatic carbocycles. The largest absolute Gasteiger partial charge is 0.478 e. The molecular weight excluding hydrogens is 266 g/mol. The SMILES string of the molecule is CC1=C(C(=O)O)CC(C(=O)OC(O)CCCO)=C(C)N1. The second-order valence-corrected chi connectivity index (χ2v) is 4.54. The van der Waals surface area contributed by atoms with E-state index in [-0.39, 0.29) is 30.6 Å². The Morgan fingerprint density at radius 1 is 1.30 bits per heavy atom. The first-order valence-corrected chi connectivity index (χ1v) is 6.26. The summed E-state index contributed by atoms with van der Waals surface area (Å²) in [4.78, 5) is 23.0. The second-order valence-electron chi connectivity index (χ2n) is 4.54. The Balaban J connectivity index is 2.73. The Kier molecular flexibility index (Phi) is 5.72. The Hall–Kier alpha value is -1.86. The van der Waals surface area contributed by atoms with Crippen molar-refractivity contribution in [1.82, 2.24) is 5.32 Å². The van der Waals surface area contributed by atoms with Crippen LogP contribution in [-0.2, 0) is 14.3 Å². The minimum Gasteiger partial charge on any atom is -0.478 e. The Morgan fingerprint density at radius 3 is 2.45 bits per heavy atom. The number of dihydropyridines is 1. The molecule has 0 aromatic rings. The number of esters is 1. The molecule has 1 atom stereocenters. The highest BCUT2D eigenvalue weighted by Gasteiger charge is 2.26. The molecule has 20 heavy (non-hydrogen) atoms. The van der Waals surface area contributed by atoms with E-state index >= 15 is 0 Å². The van der Waals surface area contributed by atoms with Crippen molar-refractivity contribution in [2.24, 2.45) is 0 Å². The Labute approximate surface area is 116 Å². The molecule has 0 bridgehead atoms. The lowest BCUT2D eigenvalue weighted by atomic mass is 9.98. The van der Waals surface area contributed by atoms with Crippen molar-refractivity contribution >= 4 is 11.9 Å². The van der Waals surface area contributed by atoms with E-state index in [1.165, 1.54) is 0 Å². The molecule has 0 aromatic carbocycles. The molecule has 0 fully saturated rings. The topological polar surface area (TPSA) is 116 Å². The number of carboxylic acid groups (broad SMARTS) is 1. The monoisotopic (exact) mass is 285 g/mol. The zero-order valence-electron chi connectivity index (χ0n) is 11.5. The summed E-state index contributed by atoms with van der Waals surface area (Å²) < 4.78 is 4.82. The number of allylic oxidation sites excluding steroid dienone is 2. The fourth-order valence-electron chi connectivity index (χ4n) is 1.85. The van der Waals surface area contributed by atoms with Crippen molar-refractivity contribution in [2.45, 2.75) is 39.4 Å². The molecule has 7 heteroatoms. The quantitative estimate of drug-likeness (QED) is 0.408. The maximum atomic E-state index is 11.9. The number of aliphatic hydroxyl groups is 2. The van der Waals surface area contributed by atoms with E-state index in [1.807, 2.05) is 0 Å². The zero-order valence-corrected chi connectivity index (χ0v) is 11.5. The summed E-state index contributed by atoms with van der Waals surface area (Å²) in [6, 6.07) is 0. The molecule has 7 nitrogen and oxygen atoms in total. The molecule has 0 saturated carbocycles. The van der Waals surface area contributed by atoms with Crippen LogP contribution in [-0.4, -0.2) is 40.2 Å². The molecule has 0 spiro atoms. The van der Waals surface area contributed by atoms with Crippen LogP contribution in [0.3, 0.4) is 0 Å². The van der Waals surface area contributed by atoms with Crippen LogP contribution in [0.1, 0.15) is 33.1 Å². The first-order chi connectivity index (χ1) is 9.36. The normalized spacial score (nSPS) is 16.8. The number of aliphatic hydroxyl groups excluding tert-OH is 2. The molecule has 0 aromatic heterocycles. The lowest BCUT2D eigenvalue weighted by molar-refractivity contribution is -0.164. The first-order valence-electron chi connectivity index (χ1n) is 6.26. The second kappa shape index (κ2) is 7.06. The molecule has 0 amide bonds. The van der Waals surface area contributed by atoms with Gasteiger partial charge in [-0.25, -0.2) is 9.59 Å². The van der Waals surface area contributed by atoms with Crippen LogP contribution < -0.4 is 5.32 Å². The van der Waals surface area contributed by atoms with E-state index in [0.717, 1.165) is 0 Å². The lowest BCUT2D eigenvalue weighted by Crippen LogP contribution is -2.28. The minimum atomic E-state index is -1.31. The van der Waals surface area contributed by atoms with E-state index in [0.29, 0.717) is 17.8 Å². The van der Waals surface area contributed by atoms with Gasteiger partial charge in [0.05, 0.1) is 11.1 Å². The smallest absolute Gasteiger partial charge is 0.338 e. The number of carbonyl (C=O) groups is 2. The van der Waals surface area contributed by atoms with Gasteiger partial charge < -0.3 is 25.4 Å². The predicted molar refractivity (Wildman–Crippen MR) is 69.2 cm³/mol. The van der Waals surface area contributed by atoms with Crippen LogP contribution in [0.2, 0.25) is 0 Å². The summed E-state index contributed by atoms with van der Waals surface area (Å²) in [6.45, 7) is 3.15. The van der Waals surface area contributed by atoms with Crippen LogP contribution in [0, 0.1) is 0 Å². The number of hydrogen-bond acceptors (Lipinski definition) is 6. The van der Waals surface area contributed by atoms with Gasteiger partial charge in [-0.15, -0.1) is 0 Å². The van der Waals surface area contributed by atoms with Gasteiger partial charge in [-0.3, -0.25) is 0 Å². The van der Waals surface area contributed by atoms with Crippen molar-refractivity contribution in [1.29, 1.82) is 0 Å². The van der Waals surface area contributed by atoms with Gasteiger partial charge >= 0.3 is 11.9 Å². The Bertz CT molecular complexity index is 465. The van der Waals surface area contributed by atoms with E-state index < -0.39 is 18.2 Å². The molecule has 0 radical (unpaired) electrons. The number of hydrogen-bond donors (Lipinski definition) is 4. The molecule has 1 rings (SSSR count). The molecule has 1 aliphatic heterocycles. The van der Waals surface area contributed by atoms with Crippen molar-refractivity contribution < 1.29 is 29.6 Å². The van der Waals surface area contributed by atoms with E-state index in [2.05, 4.69) is 5.32 Å². The number of carboxylic acids is 1. The van der Waals surface area contributed by atoms with Crippen LogP contribution in [0.4, 0.5) is 0 Å². The average molecular weight is 285 g/mol. The fraction of sp³-hybridized carbons (Fsp3) is 0.538. The average Bonchev–Trinajstić information content (AvgIpc) is 2.35. The summed E-state index contributed by atoms with van der Waals surface area (Å²) in [5.41, 5.74) is 1.25. The molecule has 1 unspecified atom stereocenters. The summed E-state index contributed by atoms with van der Waals surface area (Å²) >= 11 is 0. The molecule has 112 valence electrons. The van der Waals surface area contributed by atoms with Gasteiger partial charge in [0.25, 0.3) is 0 Å². The van der Waals surface area contributed by atoms with E-state index in [4.69, 9.17) is 14.9 Å². The third kappa shape index (κ3) is 4.07. The van der Waals surface area contributed by atoms with Crippen molar-refractivity contribution in [2.75, 3.05) is 6.61 Å². The van der Waals surface area contributed by atoms with Crippen LogP contribution >= 0.6 is 0 Å². The molecule has 1 heterocycles. The van der Waals surface area contributed by atoms with Crippen LogP contribution in [0.15, 0.2) is 22.5 Å². The van der Waals surface area contributed by atoms with Gasteiger partial charge in [-0.2, -0.15) is 0 Å². The highest BCUT2D eigenvalue weighted by molar-refractivity contribution is 5.95.